The van der Waals surface area contributed by atoms with Gasteiger partial charge >= 0.3 is 6.03 Å². The number of urea groups is 1. The summed E-state index contributed by atoms with van der Waals surface area (Å²) in [6.07, 6.45) is 6.74. The van der Waals surface area contributed by atoms with E-state index in [0.717, 1.165) is 13.0 Å². The average molecular weight is 415 g/mol. The number of amides is 4. The summed E-state index contributed by atoms with van der Waals surface area (Å²) in [6, 6.07) is -0.0490. The van der Waals surface area contributed by atoms with Crippen molar-refractivity contribution in [2.24, 2.45) is 10.8 Å². The van der Waals surface area contributed by atoms with Crippen molar-refractivity contribution in [2.45, 2.75) is 26.2 Å². The Hall–Kier alpha value is -2.71. The van der Waals surface area contributed by atoms with E-state index >= 15 is 0 Å². The Morgan fingerprint density at radius 3 is 2.37 bits per heavy atom. The van der Waals surface area contributed by atoms with E-state index in [1.54, 1.807) is 30.1 Å². The lowest BCUT2D eigenvalue weighted by Crippen LogP contribution is -2.53. The lowest BCUT2D eigenvalue weighted by atomic mass is 9.60. The first-order valence-corrected chi connectivity index (χ1v) is 10.6. The number of hydrogen-bond acceptors (Lipinski definition) is 5. The molecule has 3 saturated heterocycles. The maximum atomic E-state index is 13.5. The van der Waals surface area contributed by atoms with Crippen LogP contribution < -0.4 is 0 Å². The van der Waals surface area contributed by atoms with Crippen molar-refractivity contribution in [2.75, 3.05) is 53.4 Å². The molecular weight excluding hydrogens is 384 g/mol. The number of carbonyl (C=O) groups is 3. The van der Waals surface area contributed by atoms with Crippen LogP contribution in [0.4, 0.5) is 4.79 Å². The van der Waals surface area contributed by atoms with Gasteiger partial charge in [-0.2, -0.15) is 0 Å². The molecular formula is C21H30N6O3. The van der Waals surface area contributed by atoms with Crippen molar-refractivity contribution in [1.82, 2.24) is 29.6 Å². The van der Waals surface area contributed by atoms with E-state index in [0.29, 0.717) is 51.3 Å². The predicted molar refractivity (Wildman–Crippen MR) is 110 cm³/mol. The molecule has 3 aliphatic rings. The van der Waals surface area contributed by atoms with Crippen molar-refractivity contribution in [3.05, 3.63) is 24.3 Å². The van der Waals surface area contributed by atoms with Crippen LogP contribution in [0.2, 0.25) is 0 Å². The average Bonchev–Trinajstić information content (AvgIpc) is 3.26. The van der Waals surface area contributed by atoms with Crippen LogP contribution in [-0.2, 0) is 4.79 Å². The van der Waals surface area contributed by atoms with Gasteiger partial charge in [-0.1, -0.05) is 0 Å². The number of rotatable bonds is 2. The Labute approximate surface area is 177 Å². The monoisotopic (exact) mass is 414 g/mol. The molecule has 1 atom stereocenters. The van der Waals surface area contributed by atoms with Crippen molar-refractivity contribution in [3.63, 3.8) is 0 Å². The predicted octanol–water partition coefficient (Wildman–Crippen LogP) is 0.935. The molecule has 0 aromatic carbocycles. The highest BCUT2D eigenvalue weighted by Gasteiger charge is 2.66. The van der Waals surface area contributed by atoms with Crippen LogP contribution in [0.5, 0.6) is 0 Å². The molecule has 30 heavy (non-hydrogen) atoms. The molecule has 0 N–H and O–H groups in total. The Kier molecular flexibility index (Phi) is 5.15. The Morgan fingerprint density at radius 1 is 1.07 bits per heavy atom. The minimum Gasteiger partial charge on any atom is -0.342 e. The number of piperidine rings is 1. The van der Waals surface area contributed by atoms with Gasteiger partial charge in [-0.05, 0) is 26.2 Å². The normalized spacial score (nSPS) is 25.4. The summed E-state index contributed by atoms with van der Waals surface area (Å²) in [4.78, 5) is 54.3. The summed E-state index contributed by atoms with van der Waals surface area (Å²) in [5.41, 5.74) is -0.497. The second-order valence-corrected chi connectivity index (χ2v) is 8.91. The standard InChI is InChI=1S/C21H30N6O3/c1-4-25-12-7-21(18(25)29)15-27(19(30)24(2)3)14-20(21)5-10-26(11-6-20)17(28)16-13-22-8-9-23-16/h8-9,13H,4-7,10-12,14-15H2,1-3H3/t21-/m0/s1. The van der Waals surface area contributed by atoms with Crippen LogP contribution in [0.3, 0.4) is 0 Å². The number of hydrogen-bond donors (Lipinski definition) is 0. The van der Waals surface area contributed by atoms with E-state index in [4.69, 9.17) is 0 Å². The zero-order valence-corrected chi connectivity index (χ0v) is 18.0. The van der Waals surface area contributed by atoms with E-state index < -0.39 is 5.41 Å². The fraction of sp³-hybridized carbons (Fsp3) is 0.667. The smallest absolute Gasteiger partial charge is 0.319 e. The number of nitrogens with zero attached hydrogens (tertiary/aromatic N) is 6. The molecule has 0 unspecified atom stereocenters. The van der Waals surface area contributed by atoms with Gasteiger partial charge in [0.1, 0.15) is 5.69 Å². The van der Waals surface area contributed by atoms with E-state index in [-0.39, 0.29) is 23.3 Å². The van der Waals surface area contributed by atoms with Crippen LogP contribution in [0.1, 0.15) is 36.7 Å². The molecule has 0 aliphatic carbocycles. The van der Waals surface area contributed by atoms with Crippen LogP contribution in [0, 0.1) is 10.8 Å². The Morgan fingerprint density at radius 2 is 1.80 bits per heavy atom. The first-order valence-electron chi connectivity index (χ1n) is 10.6. The summed E-state index contributed by atoms with van der Waals surface area (Å²) in [5.74, 6) is 0.0481. The van der Waals surface area contributed by atoms with Gasteiger partial charge < -0.3 is 19.6 Å². The van der Waals surface area contributed by atoms with E-state index in [1.807, 2.05) is 16.7 Å². The fourth-order valence-corrected chi connectivity index (χ4v) is 5.61. The molecule has 9 nitrogen and oxygen atoms in total. The maximum absolute atomic E-state index is 13.5. The largest absolute Gasteiger partial charge is 0.342 e. The van der Waals surface area contributed by atoms with E-state index in [9.17, 15) is 14.4 Å². The zero-order valence-electron chi connectivity index (χ0n) is 18.0. The van der Waals surface area contributed by atoms with Gasteiger partial charge in [0.05, 0.1) is 11.6 Å². The summed E-state index contributed by atoms with van der Waals surface area (Å²) >= 11 is 0. The molecule has 4 heterocycles. The highest BCUT2D eigenvalue weighted by Crippen LogP contribution is 2.58. The molecule has 9 heteroatoms. The van der Waals surface area contributed by atoms with Crippen LogP contribution in [0.25, 0.3) is 0 Å². The Balaban J connectivity index is 1.58. The molecule has 3 aliphatic heterocycles. The van der Waals surface area contributed by atoms with E-state index in [2.05, 4.69) is 9.97 Å². The Bertz CT molecular complexity index is 836. The zero-order chi connectivity index (χ0) is 21.5. The highest BCUT2D eigenvalue weighted by molar-refractivity contribution is 5.92. The van der Waals surface area contributed by atoms with Gasteiger partial charge in [0.2, 0.25) is 5.91 Å². The maximum Gasteiger partial charge on any atom is 0.319 e. The van der Waals surface area contributed by atoms with Crippen molar-refractivity contribution >= 4 is 17.8 Å². The molecule has 3 fully saturated rings. The number of fused-ring (bicyclic) bond motifs is 1. The van der Waals surface area contributed by atoms with Gasteiger partial charge in [0.15, 0.2) is 0 Å². The summed E-state index contributed by atoms with van der Waals surface area (Å²) < 4.78 is 0. The van der Waals surface area contributed by atoms with Crippen LogP contribution in [-0.4, -0.2) is 101 Å². The van der Waals surface area contributed by atoms with Crippen molar-refractivity contribution in [3.8, 4) is 0 Å². The van der Waals surface area contributed by atoms with Gasteiger partial charge in [0.25, 0.3) is 5.91 Å². The van der Waals surface area contributed by atoms with Crippen LogP contribution in [0.15, 0.2) is 18.6 Å². The third-order valence-corrected chi connectivity index (χ3v) is 7.30. The second kappa shape index (κ2) is 7.52. The van der Waals surface area contributed by atoms with Gasteiger partial charge in [0, 0.05) is 71.2 Å². The van der Waals surface area contributed by atoms with Crippen molar-refractivity contribution in [1.29, 1.82) is 0 Å². The summed E-state index contributed by atoms with van der Waals surface area (Å²) in [6.45, 7) is 5.58. The summed E-state index contributed by atoms with van der Waals surface area (Å²) in [7, 11) is 3.49. The molecule has 4 amide bonds. The lowest BCUT2D eigenvalue weighted by molar-refractivity contribution is -0.141. The van der Waals surface area contributed by atoms with Gasteiger partial charge in [-0.25, -0.2) is 9.78 Å². The second-order valence-electron chi connectivity index (χ2n) is 8.91. The molecule has 4 rings (SSSR count). The summed E-state index contributed by atoms with van der Waals surface area (Å²) in [5, 5.41) is 0. The fourth-order valence-electron chi connectivity index (χ4n) is 5.61. The number of aromatic nitrogens is 2. The quantitative estimate of drug-likeness (QED) is 0.718. The molecule has 162 valence electrons. The molecule has 1 aromatic rings. The molecule has 0 bridgehead atoms. The highest BCUT2D eigenvalue weighted by atomic mass is 16.2. The topological polar surface area (TPSA) is 89.9 Å². The minimum atomic E-state index is -0.545. The third-order valence-electron chi connectivity index (χ3n) is 7.30. The minimum absolute atomic E-state index is 0.0490. The van der Waals surface area contributed by atoms with E-state index in [1.165, 1.54) is 12.4 Å². The first kappa shape index (κ1) is 20.6. The van der Waals surface area contributed by atoms with Crippen LogP contribution >= 0.6 is 0 Å². The van der Waals surface area contributed by atoms with Gasteiger partial charge in [-0.15, -0.1) is 0 Å². The lowest BCUT2D eigenvalue weighted by Gasteiger charge is -2.46. The SMILES string of the molecule is CCN1CC[C@]2(CN(C(=O)N(C)C)CC23CCN(C(=O)c2cnccn2)CC3)C1=O. The first-order chi connectivity index (χ1) is 14.3. The van der Waals surface area contributed by atoms with Gasteiger partial charge in [-0.3, -0.25) is 14.6 Å². The molecule has 1 aromatic heterocycles. The third kappa shape index (κ3) is 3.02. The number of carbonyl (C=O) groups excluding carboxylic acids is 3. The molecule has 2 spiro atoms. The molecule has 0 saturated carbocycles. The number of likely N-dealkylation sites (tertiary alicyclic amines) is 3. The molecule has 0 radical (unpaired) electrons. The van der Waals surface area contributed by atoms with Crippen molar-refractivity contribution < 1.29 is 14.4 Å².